The van der Waals surface area contributed by atoms with Crippen molar-refractivity contribution in [3.05, 3.63) is 30.1 Å². The molecule has 116 valence electrons. The van der Waals surface area contributed by atoms with E-state index < -0.39 is 29.3 Å². The van der Waals surface area contributed by atoms with Crippen LogP contribution in [0.25, 0.3) is 0 Å². The molecule has 0 spiro atoms. The van der Waals surface area contributed by atoms with E-state index in [-0.39, 0.29) is 12.1 Å². The quantitative estimate of drug-likeness (QED) is 0.897. The lowest BCUT2D eigenvalue weighted by Crippen LogP contribution is -2.49. The Morgan fingerprint density at radius 2 is 1.90 bits per heavy atom. The van der Waals surface area contributed by atoms with Gasteiger partial charge in [-0.2, -0.15) is 0 Å². The number of hydrogen-bond donors (Lipinski definition) is 2. The summed E-state index contributed by atoms with van der Waals surface area (Å²) in [5, 5.41) is 11.6. The second-order valence-corrected chi connectivity index (χ2v) is 5.98. The third kappa shape index (κ3) is 4.73. The highest BCUT2D eigenvalue weighted by Gasteiger charge is 2.29. The second-order valence-electron chi connectivity index (χ2n) is 5.98. The van der Waals surface area contributed by atoms with Crippen molar-refractivity contribution in [3.8, 4) is 0 Å². The lowest BCUT2D eigenvalue weighted by atomic mass is 9.85. The number of anilines is 1. The zero-order valence-corrected chi connectivity index (χ0v) is 12.7. The van der Waals surface area contributed by atoms with Crippen molar-refractivity contribution in [2.75, 3.05) is 11.9 Å². The molecule has 21 heavy (non-hydrogen) atoms. The molecule has 1 rings (SSSR count). The molecule has 5 nitrogen and oxygen atoms in total. The predicted octanol–water partition coefficient (Wildman–Crippen LogP) is 2.86. The number of urea groups is 1. The van der Waals surface area contributed by atoms with E-state index in [1.165, 1.54) is 25.2 Å². The van der Waals surface area contributed by atoms with Gasteiger partial charge in [0.15, 0.2) is 0 Å². The van der Waals surface area contributed by atoms with Crippen LogP contribution in [0.3, 0.4) is 0 Å². The highest BCUT2D eigenvalue weighted by molar-refractivity contribution is 5.92. The number of nitrogens with zero attached hydrogens (tertiary/aromatic N) is 1. The molecule has 2 amide bonds. The maximum atomic E-state index is 13.7. The Labute approximate surface area is 123 Å². The average molecular weight is 296 g/mol. The minimum absolute atomic E-state index is 0.137. The number of carbonyl (C=O) groups excluding carboxylic acids is 1. The van der Waals surface area contributed by atoms with Gasteiger partial charge in [-0.15, -0.1) is 0 Å². The Kier molecular flexibility index (Phi) is 5.29. The zero-order chi connectivity index (χ0) is 16.2. The molecule has 0 saturated carbocycles. The van der Waals surface area contributed by atoms with Crippen LogP contribution >= 0.6 is 0 Å². The van der Waals surface area contributed by atoms with E-state index in [0.717, 1.165) is 4.90 Å². The van der Waals surface area contributed by atoms with Gasteiger partial charge in [0.25, 0.3) is 0 Å². The lowest BCUT2D eigenvalue weighted by molar-refractivity contribution is -0.138. The number of amides is 2. The fraction of sp³-hybridized carbons (Fsp3) is 0.467. The van der Waals surface area contributed by atoms with Crippen molar-refractivity contribution in [1.29, 1.82) is 0 Å². The fourth-order valence-corrected chi connectivity index (χ4v) is 1.83. The molecule has 0 fully saturated rings. The van der Waals surface area contributed by atoms with Crippen molar-refractivity contribution < 1.29 is 19.1 Å². The number of nitrogens with one attached hydrogen (secondary N) is 1. The van der Waals surface area contributed by atoms with Crippen LogP contribution in [-0.2, 0) is 4.79 Å². The van der Waals surface area contributed by atoms with Crippen LogP contribution < -0.4 is 10.2 Å². The normalized spacial score (nSPS) is 12.6. The van der Waals surface area contributed by atoms with E-state index in [2.05, 4.69) is 5.32 Å². The number of carbonyl (C=O) groups is 2. The van der Waals surface area contributed by atoms with Gasteiger partial charge in [-0.25, -0.2) is 9.18 Å². The van der Waals surface area contributed by atoms with E-state index in [1.807, 2.05) is 20.8 Å². The summed E-state index contributed by atoms with van der Waals surface area (Å²) in [6.07, 6.45) is -0.194. The van der Waals surface area contributed by atoms with E-state index in [1.54, 1.807) is 6.07 Å². The summed E-state index contributed by atoms with van der Waals surface area (Å²) in [7, 11) is 1.44. The first-order chi connectivity index (χ1) is 9.62. The molecule has 0 heterocycles. The Hall–Kier alpha value is -2.11. The zero-order valence-electron chi connectivity index (χ0n) is 12.7. The van der Waals surface area contributed by atoms with Crippen LogP contribution in [0.2, 0.25) is 0 Å². The summed E-state index contributed by atoms with van der Waals surface area (Å²) in [5.74, 6) is -1.51. The van der Waals surface area contributed by atoms with Gasteiger partial charge in [0.05, 0.1) is 12.1 Å². The standard InChI is InChI=1S/C15H21FN2O3/c1-15(2,3)12(9-13(19)20)17-14(21)18(4)11-8-6-5-7-10(11)16/h5-8,12H,9H2,1-4H3,(H,17,21)(H,19,20). The molecule has 0 aliphatic heterocycles. The van der Waals surface area contributed by atoms with Crippen LogP contribution in [0.4, 0.5) is 14.9 Å². The Bertz CT molecular complexity index is 526. The molecule has 1 aromatic rings. The number of hydrogen-bond acceptors (Lipinski definition) is 2. The fourth-order valence-electron chi connectivity index (χ4n) is 1.83. The Morgan fingerprint density at radius 1 is 1.33 bits per heavy atom. The maximum Gasteiger partial charge on any atom is 0.321 e. The van der Waals surface area contributed by atoms with Gasteiger partial charge in [-0.05, 0) is 17.5 Å². The third-order valence-corrected chi connectivity index (χ3v) is 3.24. The van der Waals surface area contributed by atoms with E-state index in [4.69, 9.17) is 5.11 Å². The van der Waals surface area contributed by atoms with Gasteiger partial charge >= 0.3 is 12.0 Å². The average Bonchev–Trinajstić information content (AvgIpc) is 2.36. The minimum Gasteiger partial charge on any atom is -0.481 e. The van der Waals surface area contributed by atoms with Crippen LogP contribution in [0.15, 0.2) is 24.3 Å². The minimum atomic E-state index is -0.997. The van der Waals surface area contributed by atoms with Gasteiger partial charge in [-0.1, -0.05) is 32.9 Å². The van der Waals surface area contributed by atoms with Crippen LogP contribution in [0, 0.1) is 11.2 Å². The number of benzene rings is 1. The summed E-state index contributed by atoms with van der Waals surface area (Å²) in [6, 6.07) is 4.81. The molecule has 1 atom stereocenters. The first kappa shape index (κ1) is 16.9. The summed E-state index contributed by atoms with van der Waals surface area (Å²) < 4.78 is 13.7. The van der Waals surface area contributed by atoms with Crippen LogP contribution in [-0.4, -0.2) is 30.2 Å². The number of carboxylic acid groups (broad SMARTS) is 1. The number of carboxylic acids is 1. The second kappa shape index (κ2) is 6.56. The largest absolute Gasteiger partial charge is 0.481 e. The first-order valence-electron chi connectivity index (χ1n) is 6.63. The summed E-state index contributed by atoms with van der Waals surface area (Å²) in [6.45, 7) is 5.51. The highest BCUT2D eigenvalue weighted by Crippen LogP contribution is 2.23. The van der Waals surface area contributed by atoms with E-state index >= 15 is 0 Å². The Morgan fingerprint density at radius 3 is 2.38 bits per heavy atom. The molecule has 0 saturated heterocycles. The molecule has 0 aliphatic rings. The van der Waals surface area contributed by atoms with Crippen molar-refractivity contribution in [1.82, 2.24) is 5.32 Å². The monoisotopic (exact) mass is 296 g/mol. The number of aliphatic carboxylic acids is 1. The molecule has 0 radical (unpaired) electrons. The molecule has 6 heteroatoms. The molecule has 0 aliphatic carbocycles. The van der Waals surface area contributed by atoms with Gasteiger partial charge in [-0.3, -0.25) is 9.69 Å². The van der Waals surface area contributed by atoms with Crippen molar-refractivity contribution in [2.45, 2.75) is 33.2 Å². The molecule has 0 bridgehead atoms. The molecule has 1 unspecified atom stereocenters. The lowest BCUT2D eigenvalue weighted by Gasteiger charge is -2.32. The third-order valence-electron chi connectivity index (χ3n) is 3.24. The number of rotatable bonds is 4. The van der Waals surface area contributed by atoms with Crippen molar-refractivity contribution in [3.63, 3.8) is 0 Å². The van der Waals surface area contributed by atoms with Gasteiger partial charge in [0.1, 0.15) is 5.82 Å². The van der Waals surface area contributed by atoms with Crippen LogP contribution in [0.5, 0.6) is 0 Å². The predicted molar refractivity (Wildman–Crippen MR) is 78.8 cm³/mol. The van der Waals surface area contributed by atoms with Gasteiger partial charge < -0.3 is 10.4 Å². The Balaban J connectivity index is 2.87. The first-order valence-corrected chi connectivity index (χ1v) is 6.63. The van der Waals surface area contributed by atoms with E-state index in [9.17, 15) is 14.0 Å². The van der Waals surface area contributed by atoms with E-state index in [0.29, 0.717) is 0 Å². The number of halogens is 1. The molecular weight excluding hydrogens is 275 g/mol. The SMILES string of the molecule is CN(C(=O)NC(CC(=O)O)C(C)(C)C)c1ccccc1F. The van der Waals surface area contributed by atoms with Gasteiger partial charge in [0, 0.05) is 13.1 Å². The molecule has 1 aromatic carbocycles. The highest BCUT2D eigenvalue weighted by atomic mass is 19.1. The van der Waals surface area contributed by atoms with Crippen molar-refractivity contribution in [2.24, 2.45) is 5.41 Å². The molecular formula is C15H21FN2O3. The topological polar surface area (TPSA) is 69.6 Å². The van der Waals surface area contributed by atoms with Crippen LogP contribution in [0.1, 0.15) is 27.2 Å². The number of para-hydroxylation sites is 1. The summed E-state index contributed by atoms with van der Waals surface area (Å²) >= 11 is 0. The summed E-state index contributed by atoms with van der Waals surface area (Å²) in [5.41, 5.74) is -0.289. The molecule has 2 N–H and O–H groups in total. The maximum absolute atomic E-state index is 13.7. The molecule has 0 aromatic heterocycles. The van der Waals surface area contributed by atoms with Crippen molar-refractivity contribution >= 4 is 17.7 Å². The summed E-state index contributed by atoms with van der Waals surface area (Å²) in [4.78, 5) is 24.2. The van der Waals surface area contributed by atoms with Gasteiger partial charge in [0.2, 0.25) is 0 Å². The smallest absolute Gasteiger partial charge is 0.321 e.